The van der Waals surface area contributed by atoms with E-state index in [1.54, 1.807) is 60.7 Å². The second-order valence-corrected chi connectivity index (χ2v) is 9.96. The maximum atomic E-state index is 13.5. The molecule has 3 nitrogen and oxygen atoms in total. The zero-order valence-electron chi connectivity index (χ0n) is 20.2. The summed E-state index contributed by atoms with van der Waals surface area (Å²) in [6.07, 6.45) is -8.33. The van der Waals surface area contributed by atoms with E-state index in [1.807, 2.05) is 0 Å². The first kappa shape index (κ1) is 28.8. The van der Waals surface area contributed by atoms with Crippen LogP contribution in [0, 0.1) is 0 Å². The van der Waals surface area contributed by atoms with E-state index in [-0.39, 0.29) is 12.0 Å². The van der Waals surface area contributed by atoms with Crippen molar-refractivity contribution in [2.75, 3.05) is 0 Å². The lowest BCUT2D eigenvalue weighted by Gasteiger charge is -2.25. The second kappa shape index (κ2) is 11.5. The minimum absolute atomic E-state index is 0.0425. The predicted molar refractivity (Wildman–Crippen MR) is 141 cm³/mol. The van der Waals surface area contributed by atoms with Crippen LogP contribution in [0.1, 0.15) is 33.2 Å². The van der Waals surface area contributed by atoms with Gasteiger partial charge in [0, 0.05) is 27.4 Å². The largest absolute Gasteiger partial charge is 0.453 e. The van der Waals surface area contributed by atoms with Gasteiger partial charge in [0.2, 0.25) is 0 Å². The summed E-state index contributed by atoms with van der Waals surface area (Å²) in [5.74, 6) is -5.36. The Hall–Kier alpha value is -3.20. The number of benzene rings is 4. The van der Waals surface area contributed by atoms with Crippen molar-refractivity contribution in [3.05, 3.63) is 117 Å². The molecule has 0 spiro atoms. The molecule has 0 aliphatic rings. The van der Waals surface area contributed by atoms with Crippen LogP contribution in [0.3, 0.4) is 0 Å². The lowest BCUT2D eigenvalue weighted by molar-refractivity contribution is -0.281. The molecule has 2 N–H and O–H groups in total. The smallest absolute Gasteiger partial charge is 0.386 e. The summed E-state index contributed by atoms with van der Waals surface area (Å²) >= 11 is 12.4. The van der Waals surface area contributed by atoms with Crippen LogP contribution >= 0.6 is 23.2 Å². The molecule has 0 saturated carbocycles. The van der Waals surface area contributed by atoms with Crippen molar-refractivity contribution in [2.45, 2.75) is 37.1 Å². The van der Waals surface area contributed by atoms with Gasteiger partial charge in [-0.05, 0) is 52.8 Å². The Kier molecular flexibility index (Phi) is 8.49. The molecule has 0 heterocycles. The topological polar surface area (TPSA) is 49.3 Å². The van der Waals surface area contributed by atoms with E-state index in [2.05, 4.69) is 5.32 Å². The van der Waals surface area contributed by atoms with Crippen LogP contribution in [0.15, 0.2) is 84.9 Å². The molecular formula is C29H22Cl2F5NO2. The second-order valence-electron chi connectivity index (χ2n) is 9.12. The fraction of sp³-hybridized carbons (Fsp3) is 0.207. The van der Waals surface area contributed by atoms with E-state index in [0.717, 1.165) is 0 Å². The van der Waals surface area contributed by atoms with Gasteiger partial charge in [0.1, 0.15) is 0 Å². The number of halogens is 7. The summed E-state index contributed by atoms with van der Waals surface area (Å²) in [4.78, 5) is 13.4. The summed E-state index contributed by atoms with van der Waals surface area (Å²) in [5.41, 5.74) is 1.05. The summed E-state index contributed by atoms with van der Waals surface area (Å²) in [6.45, 7) is 0. The van der Waals surface area contributed by atoms with Gasteiger partial charge in [-0.25, -0.2) is 0 Å². The molecule has 4 aromatic rings. The Morgan fingerprint density at radius 2 is 1.44 bits per heavy atom. The van der Waals surface area contributed by atoms with Crippen molar-refractivity contribution in [2.24, 2.45) is 0 Å². The van der Waals surface area contributed by atoms with Gasteiger partial charge in [0.05, 0.1) is 12.1 Å². The maximum Gasteiger partial charge on any atom is 0.453 e. The summed E-state index contributed by atoms with van der Waals surface area (Å²) in [7, 11) is 0. The maximum absolute atomic E-state index is 13.5. The minimum atomic E-state index is -5.66. The number of nitrogens with one attached hydrogen (secondary N) is 1. The first-order chi connectivity index (χ1) is 18.4. The zero-order chi connectivity index (χ0) is 28.4. The molecule has 0 aliphatic carbocycles. The third kappa shape index (κ3) is 6.69. The van der Waals surface area contributed by atoms with Gasteiger partial charge in [-0.15, -0.1) is 0 Å². The number of rotatable bonds is 8. The van der Waals surface area contributed by atoms with Gasteiger partial charge in [0.25, 0.3) is 5.91 Å². The average molecular weight is 582 g/mol. The number of hydrogen-bond donors (Lipinski definition) is 2. The number of amides is 1. The summed E-state index contributed by atoms with van der Waals surface area (Å²) in [6, 6.07) is 20.9. The predicted octanol–water partition coefficient (Wildman–Crippen LogP) is 7.96. The highest BCUT2D eigenvalue weighted by Gasteiger charge is 2.57. The van der Waals surface area contributed by atoms with Crippen molar-refractivity contribution in [3.63, 3.8) is 0 Å². The zero-order valence-corrected chi connectivity index (χ0v) is 21.7. The van der Waals surface area contributed by atoms with E-state index < -0.39 is 36.6 Å². The first-order valence-corrected chi connectivity index (χ1v) is 12.6. The van der Waals surface area contributed by atoms with Gasteiger partial charge >= 0.3 is 12.1 Å². The highest BCUT2D eigenvalue weighted by atomic mass is 35.5. The fourth-order valence-electron chi connectivity index (χ4n) is 4.28. The lowest BCUT2D eigenvalue weighted by atomic mass is 9.94. The van der Waals surface area contributed by atoms with Crippen LogP contribution < -0.4 is 5.32 Å². The third-order valence-electron chi connectivity index (χ3n) is 6.32. The van der Waals surface area contributed by atoms with E-state index in [0.29, 0.717) is 37.5 Å². The van der Waals surface area contributed by atoms with Crippen LogP contribution in [0.5, 0.6) is 0 Å². The minimum Gasteiger partial charge on any atom is -0.386 e. The van der Waals surface area contributed by atoms with Gasteiger partial charge in [-0.2, -0.15) is 22.0 Å². The molecule has 4 aromatic carbocycles. The van der Waals surface area contributed by atoms with Crippen LogP contribution in [0.4, 0.5) is 22.0 Å². The van der Waals surface area contributed by atoms with Crippen molar-refractivity contribution in [3.8, 4) is 0 Å². The number of aliphatic hydroxyl groups is 1. The molecule has 39 heavy (non-hydrogen) atoms. The Morgan fingerprint density at radius 1 is 0.821 bits per heavy atom. The molecule has 0 bridgehead atoms. The van der Waals surface area contributed by atoms with E-state index >= 15 is 0 Å². The first-order valence-electron chi connectivity index (χ1n) is 11.8. The highest BCUT2D eigenvalue weighted by molar-refractivity contribution is 6.36. The van der Waals surface area contributed by atoms with Crippen LogP contribution in [-0.2, 0) is 12.8 Å². The quantitative estimate of drug-likeness (QED) is 0.207. The molecule has 4 rings (SSSR count). The normalized spacial score (nSPS) is 13.7. The molecule has 0 aromatic heterocycles. The molecule has 2 atom stereocenters. The Balaban J connectivity index is 1.62. The molecule has 0 saturated heterocycles. The fourth-order valence-corrected chi connectivity index (χ4v) is 4.72. The number of hydrogen-bond acceptors (Lipinski definition) is 2. The van der Waals surface area contributed by atoms with Crippen LogP contribution in [-0.4, -0.2) is 29.2 Å². The molecule has 1 amide bonds. The highest BCUT2D eigenvalue weighted by Crippen LogP contribution is 2.38. The number of fused-ring (bicyclic) bond motifs is 1. The van der Waals surface area contributed by atoms with Gasteiger partial charge < -0.3 is 10.4 Å². The molecule has 0 radical (unpaired) electrons. The monoisotopic (exact) mass is 581 g/mol. The number of carbonyl (C=O) groups is 1. The van der Waals surface area contributed by atoms with Gasteiger partial charge in [-0.3, -0.25) is 4.79 Å². The van der Waals surface area contributed by atoms with Crippen molar-refractivity contribution in [1.82, 2.24) is 5.32 Å². The van der Waals surface area contributed by atoms with Crippen molar-refractivity contribution < 1.29 is 31.9 Å². The Morgan fingerprint density at radius 3 is 2.10 bits per heavy atom. The molecular weight excluding hydrogens is 560 g/mol. The number of aliphatic hydroxyl groups excluding tert-OH is 1. The standard InChI is InChI=1S/C29H22Cl2F5NO2/c30-20-5-1-4-19(15-20)26(38)25(14-17-10-12-18(13-11-17)16-28(32,33)29(34,35)36)37-27(39)23-8-2-7-22-21(23)6-3-9-24(22)31/h1-13,15,25-26,38H,14,16H2,(H,37,39). The molecule has 2 unspecified atom stereocenters. The molecule has 10 heteroatoms. The molecule has 0 aliphatic heterocycles. The number of alkyl halides is 5. The van der Waals surface area contributed by atoms with Crippen molar-refractivity contribution in [1.29, 1.82) is 0 Å². The van der Waals surface area contributed by atoms with Crippen LogP contribution in [0.2, 0.25) is 10.0 Å². The van der Waals surface area contributed by atoms with E-state index in [1.165, 1.54) is 24.3 Å². The molecule has 0 fully saturated rings. The average Bonchev–Trinajstić information content (AvgIpc) is 2.88. The van der Waals surface area contributed by atoms with E-state index in [4.69, 9.17) is 23.2 Å². The third-order valence-corrected chi connectivity index (χ3v) is 6.89. The summed E-state index contributed by atoms with van der Waals surface area (Å²) in [5, 5.41) is 16.2. The van der Waals surface area contributed by atoms with Gasteiger partial charge in [0.15, 0.2) is 0 Å². The SMILES string of the molecule is O=C(NC(Cc1ccc(CC(F)(F)C(F)(F)F)cc1)C(O)c1cccc(Cl)c1)c1cccc2c(Cl)cccc12. The number of carbonyl (C=O) groups excluding carboxylic acids is 1. The van der Waals surface area contributed by atoms with Crippen molar-refractivity contribution >= 4 is 39.9 Å². The molecule has 204 valence electrons. The van der Waals surface area contributed by atoms with Crippen LogP contribution in [0.25, 0.3) is 10.8 Å². The van der Waals surface area contributed by atoms with E-state index in [9.17, 15) is 31.9 Å². The Bertz CT molecular complexity index is 1480. The van der Waals surface area contributed by atoms with Gasteiger partial charge in [-0.1, -0.05) is 83.9 Å². The lowest BCUT2D eigenvalue weighted by Crippen LogP contribution is -2.41. The summed E-state index contributed by atoms with van der Waals surface area (Å²) < 4.78 is 64.7. The Labute approximate surface area is 231 Å².